The van der Waals surface area contributed by atoms with E-state index in [1.807, 2.05) is 53.1 Å². The van der Waals surface area contributed by atoms with Gasteiger partial charge in [-0.3, -0.25) is 9.36 Å². The maximum atomic E-state index is 14.1. The summed E-state index contributed by atoms with van der Waals surface area (Å²) in [4.78, 5) is 67.6. The van der Waals surface area contributed by atoms with Gasteiger partial charge < -0.3 is 35.2 Å². The largest absolute Gasteiger partial charge is 0.426 e. The van der Waals surface area contributed by atoms with Gasteiger partial charge in [-0.25, -0.2) is 14.4 Å². The molecule has 3 aromatic rings. The van der Waals surface area contributed by atoms with E-state index in [0.29, 0.717) is 51.6 Å². The van der Waals surface area contributed by atoms with Crippen molar-refractivity contribution >= 4 is 34.8 Å². The number of benzene rings is 2. The molecule has 4 aliphatic rings. The second-order valence-electron chi connectivity index (χ2n) is 14.1. The highest BCUT2D eigenvalue weighted by Crippen LogP contribution is 2.28. The molecule has 5 heterocycles. The van der Waals surface area contributed by atoms with E-state index in [-0.39, 0.29) is 30.1 Å². The number of aromatic nitrogens is 2. The van der Waals surface area contributed by atoms with Crippen LogP contribution in [0.1, 0.15) is 61.6 Å². The van der Waals surface area contributed by atoms with E-state index in [1.165, 1.54) is 19.3 Å². The summed E-state index contributed by atoms with van der Waals surface area (Å²) in [6.07, 6.45) is 6.54. The Morgan fingerprint density at radius 3 is 2.41 bits per heavy atom. The average molecular weight is 673 g/mol. The number of carbonyl (C=O) groups is 3. The molecule has 3 fully saturated rings. The number of urea groups is 1. The number of aryl methyl sites for hydroxylation is 2. The molecule has 1 aromatic heterocycles. The van der Waals surface area contributed by atoms with Gasteiger partial charge in [-0.05, 0) is 87.4 Å². The van der Waals surface area contributed by atoms with Gasteiger partial charge in [0.1, 0.15) is 6.04 Å². The molecule has 4 aliphatic heterocycles. The topological polar surface area (TPSA) is 135 Å². The van der Waals surface area contributed by atoms with Crippen molar-refractivity contribution in [2.75, 3.05) is 44.6 Å². The van der Waals surface area contributed by atoms with Crippen LogP contribution in [-0.2, 0) is 29.6 Å². The fraction of sp³-hybridized carbons (Fsp3) is 0.556. The molecule has 1 unspecified atom stereocenters. The zero-order valence-electron chi connectivity index (χ0n) is 28.6. The van der Waals surface area contributed by atoms with E-state index in [4.69, 9.17) is 4.84 Å². The molecule has 3 N–H and O–H groups in total. The highest BCUT2D eigenvalue weighted by Gasteiger charge is 2.35. The quantitative estimate of drug-likeness (QED) is 0.348. The molecule has 262 valence electrons. The first-order valence-electron chi connectivity index (χ1n) is 17.8. The molecule has 0 aliphatic carbocycles. The van der Waals surface area contributed by atoms with Crippen molar-refractivity contribution in [2.45, 2.75) is 83.0 Å². The number of nitrogens with zero attached hydrogens (tertiary/aromatic N) is 5. The van der Waals surface area contributed by atoms with Crippen LogP contribution < -0.4 is 16.3 Å². The van der Waals surface area contributed by atoms with E-state index in [2.05, 4.69) is 20.5 Å². The van der Waals surface area contributed by atoms with Crippen molar-refractivity contribution < 1.29 is 19.2 Å². The molecule has 13 nitrogen and oxygen atoms in total. The second kappa shape index (κ2) is 14.2. The van der Waals surface area contributed by atoms with Gasteiger partial charge in [-0.2, -0.15) is 0 Å². The summed E-state index contributed by atoms with van der Waals surface area (Å²) in [5.74, 6) is -0.121. The minimum absolute atomic E-state index is 0.0287. The van der Waals surface area contributed by atoms with Gasteiger partial charge in [-0.1, -0.05) is 30.7 Å². The molecule has 2 aromatic carbocycles. The number of fused-ring (bicyclic) bond motifs is 2. The van der Waals surface area contributed by atoms with Crippen molar-refractivity contribution in [3.8, 4) is 0 Å². The number of H-pyrrole nitrogens is 1. The predicted octanol–water partition coefficient (Wildman–Crippen LogP) is 3.72. The minimum Gasteiger partial charge on any atom is -0.351 e. The van der Waals surface area contributed by atoms with Gasteiger partial charge in [0.15, 0.2) is 0 Å². The first-order valence-corrected chi connectivity index (χ1v) is 17.8. The molecule has 0 radical (unpaired) electrons. The van der Waals surface area contributed by atoms with Crippen molar-refractivity contribution in [1.29, 1.82) is 0 Å². The lowest BCUT2D eigenvalue weighted by molar-refractivity contribution is -0.137. The lowest BCUT2D eigenvalue weighted by atomic mass is 9.98. The van der Waals surface area contributed by atoms with Crippen LogP contribution in [0.25, 0.3) is 11.0 Å². The van der Waals surface area contributed by atoms with Gasteiger partial charge >= 0.3 is 17.8 Å². The van der Waals surface area contributed by atoms with Gasteiger partial charge in [0.2, 0.25) is 5.91 Å². The van der Waals surface area contributed by atoms with Crippen LogP contribution >= 0.6 is 0 Å². The van der Waals surface area contributed by atoms with Crippen molar-refractivity contribution in [2.24, 2.45) is 7.05 Å². The lowest BCUT2D eigenvalue weighted by Gasteiger charge is -2.41. The summed E-state index contributed by atoms with van der Waals surface area (Å²) in [6.45, 7) is 7.01. The first-order chi connectivity index (χ1) is 23.7. The summed E-state index contributed by atoms with van der Waals surface area (Å²) in [5.41, 5.74) is 5.00. The van der Waals surface area contributed by atoms with Gasteiger partial charge in [0, 0.05) is 64.0 Å². The van der Waals surface area contributed by atoms with Crippen LogP contribution in [0.2, 0.25) is 0 Å². The van der Waals surface area contributed by atoms with Crippen LogP contribution in [0.3, 0.4) is 0 Å². The number of para-hydroxylation sites is 1. The molecule has 49 heavy (non-hydrogen) atoms. The van der Waals surface area contributed by atoms with Crippen LogP contribution in [0.5, 0.6) is 0 Å². The molecule has 7 rings (SSSR count). The number of aromatic amines is 1. The number of piperidine rings is 3. The Balaban J connectivity index is 1.000. The summed E-state index contributed by atoms with van der Waals surface area (Å²) >= 11 is 0. The predicted molar refractivity (Wildman–Crippen MR) is 186 cm³/mol. The third-order valence-electron chi connectivity index (χ3n) is 10.9. The number of likely N-dealkylation sites (tertiary alicyclic amines) is 2. The number of hydrogen-bond donors (Lipinski definition) is 3. The number of anilines is 1. The minimum atomic E-state index is -0.832. The molecular formula is C36H48N8O5. The lowest BCUT2D eigenvalue weighted by Crippen LogP contribution is -2.55. The number of rotatable bonds is 7. The molecule has 13 heteroatoms. The summed E-state index contributed by atoms with van der Waals surface area (Å²) in [6, 6.07) is 11.3. The van der Waals surface area contributed by atoms with Crippen molar-refractivity contribution in [1.82, 2.24) is 34.6 Å². The van der Waals surface area contributed by atoms with E-state index in [0.717, 1.165) is 59.3 Å². The maximum Gasteiger partial charge on any atom is 0.426 e. The van der Waals surface area contributed by atoms with Crippen LogP contribution in [0, 0.1) is 6.92 Å². The van der Waals surface area contributed by atoms with Gasteiger partial charge in [0.25, 0.3) is 0 Å². The number of hydrogen-bond acceptors (Lipinski definition) is 7. The first kappa shape index (κ1) is 33.2. The van der Waals surface area contributed by atoms with Crippen LogP contribution in [-0.4, -0.2) is 105 Å². The third-order valence-corrected chi connectivity index (χ3v) is 10.9. The Morgan fingerprint density at radius 2 is 1.65 bits per heavy atom. The number of nitrogens with one attached hydrogen (secondary N) is 3. The number of amides is 4. The summed E-state index contributed by atoms with van der Waals surface area (Å²) in [5, 5.41) is 7.52. The van der Waals surface area contributed by atoms with E-state index in [1.54, 1.807) is 16.7 Å². The monoisotopic (exact) mass is 672 g/mol. The third kappa shape index (κ3) is 7.18. The summed E-state index contributed by atoms with van der Waals surface area (Å²) in [7, 11) is 1.72. The zero-order chi connectivity index (χ0) is 34.1. The number of hydroxylamine groups is 2. The Kier molecular flexibility index (Phi) is 9.64. The Hall–Kier alpha value is -4.36. The molecule has 3 saturated heterocycles. The fourth-order valence-corrected chi connectivity index (χ4v) is 8.13. The maximum absolute atomic E-state index is 14.1. The number of carbonyl (C=O) groups excluding carboxylic acids is 3. The van der Waals surface area contributed by atoms with E-state index < -0.39 is 12.1 Å². The highest BCUT2D eigenvalue weighted by atomic mass is 16.7. The van der Waals surface area contributed by atoms with Crippen molar-refractivity contribution in [3.63, 3.8) is 0 Å². The van der Waals surface area contributed by atoms with E-state index >= 15 is 0 Å². The highest BCUT2D eigenvalue weighted by molar-refractivity contribution is 5.92. The Morgan fingerprint density at radius 1 is 0.939 bits per heavy atom. The molecule has 0 spiro atoms. The van der Waals surface area contributed by atoms with E-state index in [9.17, 15) is 19.2 Å². The molecular weight excluding hydrogens is 624 g/mol. The molecule has 0 bridgehead atoms. The molecule has 4 amide bonds. The number of imidazole rings is 1. The standard InChI is InChI=1S/C36H48N8O5/c1-24-20-25(22-31-32(24)39-34(46)40(31)2)21-30(33(45)42-16-10-27(11-17-42)41-14-6-3-7-15-41)38-36(48)49-43-18-12-28(13-19-43)44-23-26-8-4-5-9-29(26)37-35(44)47/h4-5,8-9,20,22,27-28,30H,3,6-7,10-19,21,23H2,1-2H3,(H,37,47)(H,38,48)(H,39,46). The average Bonchev–Trinajstić information content (AvgIpc) is 3.41. The van der Waals surface area contributed by atoms with Crippen LogP contribution in [0.15, 0.2) is 41.2 Å². The Bertz CT molecular complexity index is 1750. The smallest absolute Gasteiger partial charge is 0.351 e. The summed E-state index contributed by atoms with van der Waals surface area (Å²) < 4.78 is 1.56. The SMILES string of the molecule is Cc1cc(CC(NC(=O)ON2CCC(N3Cc4ccccc4NC3=O)CC2)C(=O)N2CCC(N3CCCCC3)CC2)cc2c1[nH]c(=O)n2C. The fourth-order valence-electron chi connectivity index (χ4n) is 8.13. The van der Waals surface area contributed by atoms with Crippen molar-refractivity contribution in [3.05, 3.63) is 63.6 Å². The Labute approximate surface area is 286 Å². The normalized spacial score (nSPS) is 20.6. The van der Waals surface area contributed by atoms with Gasteiger partial charge in [-0.15, -0.1) is 5.06 Å². The molecule has 0 saturated carbocycles. The molecule has 1 atom stereocenters. The van der Waals surface area contributed by atoms with Crippen LogP contribution in [0.4, 0.5) is 15.3 Å². The van der Waals surface area contributed by atoms with Gasteiger partial charge in [0.05, 0.1) is 11.0 Å². The zero-order valence-corrected chi connectivity index (χ0v) is 28.6. The second-order valence-corrected chi connectivity index (χ2v) is 14.1.